The van der Waals surface area contributed by atoms with Crippen LogP contribution in [-0.4, -0.2) is 38.4 Å². The quantitative estimate of drug-likeness (QED) is 0.111. The molecule has 0 radical (unpaired) electrons. The van der Waals surface area contributed by atoms with Crippen LogP contribution in [0.2, 0.25) is 17.7 Å². The van der Waals surface area contributed by atoms with E-state index in [4.69, 9.17) is 7.56 Å². The molecule has 0 unspecified atom stereocenters. The van der Waals surface area contributed by atoms with Crippen molar-refractivity contribution in [3.63, 3.8) is 0 Å². The van der Waals surface area contributed by atoms with Gasteiger partial charge in [-0.15, -0.1) is 0 Å². The van der Waals surface area contributed by atoms with Gasteiger partial charge in [0, 0.05) is 0 Å². The van der Waals surface area contributed by atoms with Crippen molar-refractivity contribution in [2.75, 3.05) is 0 Å². The van der Waals surface area contributed by atoms with E-state index < -0.39 is 38.4 Å². The van der Waals surface area contributed by atoms with Crippen LogP contribution in [0.1, 0.15) is 128 Å². The van der Waals surface area contributed by atoms with Crippen molar-refractivity contribution < 1.29 is 7.56 Å². The predicted octanol–water partition coefficient (Wildman–Crippen LogP) is 11.8. The summed E-state index contributed by atoms with van der Waals surface area (Å²) >= 11 is -7.27. The number of rotatable bonds is 22. The molecule has 0 N–H and O–H groups in total. The summed E-state index contributed by atoms with van der Waals surface area (Å²) in [5.74, 6) is 2.18. The monoisotopic (exact) mass is 782 g/mol. The third-order valence-electron chi connectivity index (χ3n) is 8.44. The van der Waals surface area contributed by atoms with Gasteiger partial charge in [-0.2, -0.15) is 0 Å². The van der Waals surface area contributed by atoms with Crippen LogP contribution in [0.3, 0.4) is 0 Å². The van der Waals surface area contributed by atoms with Crippen molar-refractivity contribution in [2.24, 2.45) is 0 Å². The van der Waals surface area contributed by atoms with Gasteiger partial charge in [-0.25, -0.2) is 0 Å². The van der Waals surface area contributed by atoms with Crippen LogP contribution in [0.15, 0.2) is 36.4 Å². The Balaban J connectivity index is 2.66. The molecule has 0 aromatic heterocycles. The Morgan fingerprint density at radius 2 is 0.829 bits per heavy atom. The number of hydrogen-bond donors (Lipinski definition) is 0. The van der Waals surface area contributed by atoms with E-state index in [1.54, 1.807) is 0 Å². The summed E-state index contributed by atoms with van der Waals surface area (Å²) in [7, 11) is 0. The minimum absolute atomic E-state index is 1.09. The molecule has 0 bridgehead atoms. The SMILES string of the molecule is CCC[CH2][Sn]([CH2]CCC)([O]c1cccc(CCC)c1C)[O][Sn]([CH2]CCC)([CH2]CCC)[O]c1cccc(CCC)c1C. The van der Waals surface area contributed by atoms with E-state index in [-0.39, 0.29) is 0 Å². The Morgan fingerprint density at radius 1 is 0.488 bits per heavy atom. The van der Waals surface area contributed by atoms with Crippen LogP contribution in [0, 0.1) is 13.8 Å². The molecule has 0 saturated carbocycles. The molecule has 0 aliphatic heterocycles. The second-order valence-electron chi connectivity index (χ2n) is 12.1. The van der Waals surface area contributed by atoms with E-state index in [9.17, 15) is 0 Å². The van der Waals surface area contributed by atoms with Crippen LogP contribution in [0.25, 0.3) is 0 Å². The van der Waals surface area contributed by atoms with Gasteiger partial charge in [-0.05, 0) is 0 Å². The van der Waals surface area contributed by atoms with Gasteiger partial charge in [-0.1, -0.05) is 0 Å². The second kappa shape index (κ2) is 19.8. The molecule has 0 atom stereocenters. The summed E-state index contributed by atoms with van der Waals surface area (Å²) in [5.41, 5.74) is 5.47. The number of hydrogen-bond acceptors (Lipinski definition) is 3. The molecule has 0 aliphatic carbocycles. The summed E-state index contributed by atoms with van der Waals surface area (Å²) < 4.78 is 27.3. The molecule has 0 aliphatic rings. The first-order valence-corrected chi connectivity index (χ1v) is 29.8. The standard InChI is InChI=1S/2C10H14O.4C4H9.O.2Sn/c2*1-3-5-9-6-4-7-10(11)8(9)2;4*1-3-4-2;;;/h2*4,6-7,11H,3,5H2,1-2H3;4*1,3-4H2,2H3;;;/q;;;;;;;2*+1/p-2. The van der Waals surface area contributed by atoms with Gasteiger partial charge in [0.15, 0.2) is 0 Å². The van der Waals surface area contributed by atoms with Crippen LogP contribution in [0.4, 0.5) is 0 Å². The number of benzene rings is 2. The maximum absolute atomic E-state index is 7.93. The summed E-state index contributed by atoms with van der Waals surface area (Å²) in [6, 6.07) is 13.4. The Morgan fingerprint density at radius 3 is 1.12 bits per heavy atom. The average Bonchev–Trinajstić information content (AvgIpc) is 2.97. The molecule has 41 heavy (non-hydrogen) atoms. The third kappa shape index (κ3) is 11.6. The van der Waals surface area contributed by atoms with E-state index in [0.29, 0.717) is 0 Å². The van der Waals surface area contributed by atoms with Gasteiger partial charge in [0.25, 0.3) is 0 Å². The average molecular weight is 780 g/mol. The van der Waals surface area contributed by atoms with E-state index >= 15 is 0 Å². The van der Waals surface area contributed by atoms with Crippen molar-refractivity contribution in [1.29, 1.82) is 0 Å². The molecule has 0 saturated heterocycles. The van der Waals surface area contributed by atoms with Gasteiger partial charge in [-0.3, -0.25) is 0 Å². The molecule has 2 rings (SSSR count). The Hall–Kier alpha value is -0.403. The van der Waals surface area contributed by atoms with E-state index in [1.165, 1.54) is 73.6 Å². The normalized spacial score (nSPS) is 12.1. The Labute approximate surface area is 264 Å². The molecular formula is C36H62O3Sn2. The minimum atomic E-state index is -3.64. The molecule has 2 aromatic rings. The van der Waals surface area contributed by atoms with Gasteiger partial charge >= 0.3 is 266 Å². The van der Waals surface area contributed by atoms with Crippen LogP contribution in [0.5, 0.6) is 11.5 Å². The Bertz CT molecular complexity index is 911. The molecular weight excluding hydrogens is 718 g/mol. The first kappa shape index (κ1) is 36.8. The summed E-state index contributed by atoms with van der Waals surface area (Å²) in [5, 5.41) is 0. The molecule has 0 amide bonds. The summed E-state index contributed by atoms with van der Waals surface area (Å²) in [6.45, 7) is 18.3. The fourth-order valence-electron chi connectivity index (χ4n) is 5.85. The van der Waals surface area contributed by atoms with Gasteiger partial charge in [0.05, 0.1) is 0 Å². The first-order valence-electron chi connectivity index (χ1n) is 17.1. The number of aryl methyl sites for hydroxylation is 2. The molecule has 2 aromatic carbocycles. The van der Waals surface area contributed by atoms with Gasteiger partial charge < -0.3 is 0 Å². The molecule has 3 nitrogen and oxygen atoms in total. The molecule has 5 heteroatoms. The van der Waals surface area contributed by atoms with Crippen molar-refractivity contribution in [3.8, 4) is 11.5 Å². The van der Waals surface area contributed by atoms with Gasteiger partial charge in [0.1, 0.15) is 0 Å². The first-order chi connectivity index (χ1) is 19.8. The summed E-state index contributed by atoms with van der Waals surface area (Å²) in [6.07, 6.45) is 13.9. The van der Waals surface area contributed by atoms with Crippen LogP contribution < -0.4 is 6.15 Å². The molecule has 0 heterocycles. The zero-order valence-electron chi connectivity index (χ0n) is 28.0. The molecule has 0 fully saturated rings. The summed E-state index contributed by atoms with van der Waals surface area (Å²) in [4.78, 5) is 0. The van der Waals surface area contributed by atoms with Crippen molar-refractivity contribution >= 4 is 38.4 Å². The fourth-order valence-corrected chi connectivity index (χ4v) is 47.9. The van der Waals surface area contributed by atoms with E-state index in [1.807, 2.05) is 0 Å². The fraction of sp³-hybridized carbons (Fsp3) is 0.667. The third-order valence-corrected chi connectivity index (χ3v) is 40.9. The topological polar surface area (TPSA) is 27.7 Å². The van der Waals surface area contributed by atoms with E-state index in [0.717, 1.165) is 54.9 Å². The number of unbranched alkanes of at least 4 members (excludes halogenated alkanes) is 4. The zero-order chi connectivity index (χ0) is 30.1. The van der Waals surface area contributed by atoms with Crippen molar-refractivity contribution in [2.45, 2.75) is 150 Å². The van der Waals surface area contributed by atoms with Crippen molar-refractivity contribution in [1.82, 2.24) is 0 Å². The predicted molar refractivity (Wildman–Crippen MR) is 183 cm³/mol. The van der Waals surface area contributed by atoms with Gasteiger partial charge in [0.2, 0.25) is 0 Å². The van der Waals surface area contributed by atoms with E-state index in [2.05, 4.69) is 91.8 Å². The molecule has 232 valence electrons. The Kier molecular flexibility index (Phi) is 17.8. The molecule has 0 spiro atoms. The van der Waals surface area contributed by atoms with Crippen LogP contribution >= 0.6 is 0 Å². The van der Waals surface area contributed by atoms with Crippen molar-refractivity contribution in [3.05, 3.63) is 58.7 Å². The second-order valence-corrected chi connectivity index (χ2v) is 33.9. The zero-order valence-corrected chi connectivity index (χ0v) is 33.7. The maximum atomic E-state index is 7.93. The van der Waals surface area contributed by atoms with Crippen LogP contribution in [-0.2, 0) is 14.3 Å².